The number of carbonyl (C=O) groups is 1. The maximum Gasteiger partial charge on any atom is 0.257 e. The van der Waals surface area contributed by atoms with Gasteiger partial charge in [-0.3, -0.25) is 10.1 Å². The molecule has 0 unspecified atom stereocenters. The number of rotatable bonds is 3. The van der Waals surface area contributed by atoms with Gasteiger partial charge in [-0.05, 0) is 29.6 Å². The standard InChI is InChI=1S/C14H8Cl2N2OS2/c15-9-4-8(5-10(16)6-9)13(19)18-14-17-11(7-21-14)12-2-1-3-20-12/h1-7H,(H,17,18,19). The quantitative estimate of drug-likeness (QED) is 0.681. The molecule has 0 bridgehead atoms. The van der Waals surface area contributed by atoms with Crippen LogP contribution in [-0.2, 0) is 0 Å². The average Bonchev–Trinajstić information content (AvgIpc) is 3.07. The fourth-order valence-corrected chi connectivity index (χ4v) is 3.72. The van der Waals surface area contributed by atoms with Crippen LogP contribution in [0.25, 0.3) is 10.6 Å². The van der Waals surface area contributed by atoms with Gasteiger partial charge in [0.25, 0.3) is 5.91 Å². The van der Waals surface area contributed by atoms with Crippen molar-refractivity contribution in [1.82, 2.24) is 4.98 Å². The summed E-state index contributed by atoms with van der Waals surface area (Å²) in [6.07, 6.45) is 0. The highest BCUT2D eigenvalue weighted by atomic mass is 35.5. The Balaban J connectivity index is 1.79. The zero-order valence-corrected chi connectivity index (χ0v) is 13.6. The molecule has 0 saturated carbocycles. The van der Waals surface area contributed by atoms with Gasteiger partial charge in [-0.2, -0.15) is 0 Å². The Hall–Kier alpha value is -1.40. The lowest BCUT2D eigenvalue weighted by Crippen LogP contribution is -2.11. The van der Waals surface area contributed by atoms with E-state index in [2.05, 4.69) is 10.3 Å². The number of nitrogens with one attached hydrogen (secondary N) is 1. The molecule has 0 atom stereocenters. The number of aromatic nitrogens is 1. The molecule has 7 heteroatoms. The van der Waals surface area contributed by atoms with Gasteiger partial charge in [-0.1, -0.05) is 29.3 Å². The lowest BCUT2D eigenvalue weighted by atomic mass is 10.2. The van der Waals surface area contributed by atoms with E-state index >= 15 is 0 Å². The number of benzene rings is 1. The zero-order chi connectivity index (χ0) is 14.8. The van der Waals surface area contributed by atoms with Crippen molar-refractivity contribution in [2.45, 2.75) is 0 Å². The normalized spacial score (nSPS) is 10.6. The number of anilines is 1. The van der Waals surface area contributed by atoms with Crippen molar-refractivity contribution in [2.75, 3.05) is 5.32 Å². The molecule has 1 amide bonds. The molecule has 3 rings (SSSR count). The van der Waals surface area contributed by atoms with Crippen LogP contribution in [-0.4, -0.2) is 10.9 Å². The second kappa shape index (κ2) is 6.15. The second-order valence-corrected chi connectivity index (χ2v) is 6.81. The lowest BCUT2D eigenvalue weighted by Gasteiger charge is -2.03. The first-order valence-corrected chi connectivity index (χ1v) is 8.40. The van der Waals surface area contributed by atoms with Crippen LogP contribution in [0.3, 0.4) is 0 Å². The molecule has 1 aromatic carbocycles. The summed E-state index contributed by atoms with van der Waals surface area (Å²) in [5, 5.41) is 8.03. The smallest absolute Gasteiger partial charge is 0.257 e. The fourth-order valence-electron chi connectivity index (χ4n) is 1.72. The van der Waals surface area contributed by atoms with Gasteiger partial charge in [-0.15, -0.1) is 22.7 Å². The molecule has 0 aliphatic heterocycles. The zero-order valence-electron chi connectivity index (χ0n) is 10.5. The van der Waals surface area contributed by atoms with E-state index in [4.69, 9.17) is 23.2 Å². The Morgan fingerprint density at radius 1 is 1.14 bits per heavy atom. The average molecular weight is 355 g/mol. The number of amides is 1. The molecule has 0 aliphatic carbocycles. The van der Waals surface area contributed by atoms with Gasteiger partial charge in [0, 0.05) is 21.0 Å². The van der Waals surface area contributed by atoms with Crippen molar-refractivity contribution >= 4 is 56.9 Å². The number of hydrogen-bond acceptors (Lipinski definition) is 4. The second-order valence-electron chi connectivity index (χ2n) is 4.13. The highest BCUT2D eigenvalue weighted by molar-refractivity contribution is 7.16. The van der Waals surface area contributed by atoms with E-state index in [1.807, 2.05) is 22.9 Å². The SMILES string of the molecule is O=C(Nc1nc(-c2cccs2)cs1)c1cc(Cl)cc(Cl)c1. The van der Waals surface area contributed by atoms with E-state index in [0.717, 1.165) is 10.6 Å². The molecule has 0 fully saturated rings. The van der Waals surface area contributed by atoms with Gasteiger partial charge < -0.3 is 0 Å². The van der Waals surface area contributed by atoms with Crippen molar-refractivity contribution in [3.05, 3.63) is 56.7 Å². The molecule has 3 aromatic rings. The summed E-state index contributed by atoms with van der Waals surface area (Å²) in [7, 11) is 0. The van der Waals surface area contributed by atoms with Gasteiger partial charge in [0.2, 0.25) is 0 Å². The molecule has 0 radical (unpaired) electrons. The van der Waals surface area contributed by atoms with Crippen LogP contribution in [0, 0.1) is 0 Å². The minimum atomic E-state index is -0.286. The molecule has 0 saturated heterocycles. The third kappa shape index (κ3) is 3.44. The number of carbonyl (C=O) groups excluding carboxylic acids is 1. The van der Waals surface area contributed by atoms with Gasteiger partial charge in [-0.25, -0.2) is 4.98 Å². The van der Waals surface area contributed by atoms with Gasteiger partial charge >= 0.3 is 0 Å². The minimum absolute atomic E-state index is 0.286. The van der Waals surface area contributed by atoms with Crippen LogP contribution in [0.1, 0.15) is 10.4 Å². The third-order valence-corrected chi connectivity index (χ3v) is 4.71. The first-order valence-electron chi connectivity index (χ1n) is 5.89. The molecule has 21 heavy (non-hydrogen) atoms. The van der Waals surface area contributed by atoms with E-state index in [-0.39, 0.29) is 5.91 Å². The van der Waals surface area contributed by atoms with E-state index in [1.54, 1.807) is 29.5 Å². The van der Waals surface area contributed by atoms with Crippen LogP contribution in [0.15, 0.2) is 41.1 Å². The van der Waals surface area contributed by atoms with Crippen LogP contribution in [0.5, 0.6) is 0 Å². The molecule has 0 aliphatic rings. The molecule has 2 aromatic heterocycles. The molecule has 2 heterocycles. The summed E-state index contributed by atoms with van der Waals surface area (Å²) >= 11 is 14.8. The molecule has 0 spiro atoms. The number of halogens is 2. The Labute approximate surface area is 139 Å². The van der Waals surface area contributed by atoms with Gasteiger partial charge in [0.05, 0.1) is 10.6 Å². The molecule has 1 N–H and O–H groups in total. The van der Waals surface area contributed by atoms with Crippen LogP contribution in [0.2, 0.25) is 10.0 Å². The minimum Gasteiger partial charge on any atom is -0.298 e. The van der Waals surface area contributed by atoms with Crippen LogP contribution < -0.4 is 5.32 Å². The predicted octanol–water partition coefficient (Wildman–Crippen LogP) is 5.43. The Morgan fingerprint density at radius 2 is 1.90 bits per heavy atom. The molecule has 3 nitrogen and oxygen atoms in total. The number of nitrogens with zero attached hydrogens (tertiary/aromatic N) is 1. The maximum atomic E-state index is 12.2. The van der Waals surface area contributed by atoms with Crippen LogP contribution >= 0.6 is 45.9 Å². The summed E-state index contributed by atoms with van der Waals surface area (Å²) in [5.74, 6) is -0.286. The monoisotopic (exact) mass is 354 g/mol. The van der Waals surface area contributed by atoms with Crippen molar-refractivity contribution in [3.63, 3.8) is 0 Å². The Bertz CT molecular complexity index is 764. The highest BCUT2D eigenvalue weighted by Crippen LogP contribution is 2.28. The topological polar surface area (TPSA) is 42.0 Å². The summed E-state index contributed by atoms with van der Waals surface area (Å²) in [4.78, 5) is 17.6. The van der Waals surface area contributed by atoms with Crippen molar-refractivity contribution in [1.29, 1.82) is 0 Å². The van der Waals surface area contributed by atoms with E-state index in [0.29, 0.717) is 20.7 Å². The predicted molar refractivity (Wildman–Crippen MR) is 89.8 cm³/mol. The summed E-state index contributed by atoms with van der Waals surface area (Å²) in [6, 6.07) is 8.67. The maximum absolute atomic E-state index is 12.2. The Kier molecular flexibility index (Phi) is 4.26. The summed E-state index contributed by atoms with van der Waals surface area (Å²) in [5.41, 5.74) is 1.26. The van der Waals surface area contributed by atoms with Crippen molar-refractivity contribution in [2.24, 2.45) is 0 Å². The fraction of sp³-hybridized carbons (Fsp3) is 0. The van der Waals surface area contributed by atoms with E-state index in [1.165, 1.54) is 11.3 Å². The first kappa shape index (κ1) is 14.5. The molecule has 106 valence electrons. The van der Waals surface area contributed by atoms with Crippen LogP contribution in [0.4, 0.5) is 5.13 Å². The number of thiazole rings is 1. The summed E-state index contributed by atoms with van der Waals surface area (Å²) < 4.78 is 0. The largest absolute Gasteiger partial charge is 0.298 e. The van der Waals surface area contributed by atoms with Crippen molar-refractivity contribution in [3.8, 4) is 10.6 Å². The van der Waals surface area contributed by atoms with E-state index < -0.39 is 0 Å². The molecular weight excluding hydrogens is 347 g/mol. The first-order chi connectivity index (χ1) is 10.1. The van der Waals surface area contributed by atoms with Crippen molar-refractivity contribution < 1.29 is 4.79 Å². The lowest BCUT2D eigenvalue weighted by molar-refractivity contribution is 0.102. The number of hydrogen-bond donors (Lipinski definition) is 1. The third-order valence-electron chi connectivity index (χ3n) is 2.62. The number of thiophene rings is 1. The van der Waals surface area contributed by atoms with Gasteiger partial charge in [0.1, 0.15) is 0 Å². The summed E-state index contributed by atoms with van der Waals surface area (Å²) in [6.45, 7) is 0. The highest BCUT2D eigenvalue weighted by Gasteiger charge is 2.11. The molecular formula is C14H8Cl2N2OS2. The van der Waals surface area contributed by atoms with Gasteiger partial charge in [0.15, 0.2) is 5.13 Å². The Morgan fingerprint density at radius 3 is 2.57 bits per heavy atom. The van der Waals surface area contributed by atoms with E-state index in [9.17, 15) is 4.79 Å².